The lowest BCUT2D eigenvalue weighted by Crippen LogP contribution is -2.33. The van der Waals surface area contributed by atoms with E-state index >= 15 is 0 Å². The Hall–Kier alpha value is -2.17. The van der Waals surface area contributed by atoms with E-state index in [1.807, 2.05) is 0 Å². The summed E-state index contributed by atoms with van der Waals surface area (Å²) in [5.41, 5.74) is 0.538. The van der Waals surface area contributed by atoms with Gasteiger partial charge >= 0.3 is 0 Å². The fraction of sp³-hybridized carbons (Fsp3) is 0.350. The quantitative estimate of drug-likeness (QED) is 0.572. The van der Waals surface area contributed by atoms with Gasteiger partial charge in [0.2, 0.25) is 10.0 Å². The second kappa shape index (κ2) is 9.76. The molecule has 0 radical (unpaired) electrons. The fourth-order valence-corrected chi connectivity index (χ4v) is 5.28. The van der Waals surface area contributed by atoms with Crippen LogP contribution in [0.15, 0.2) is 52.3 Å². The molecule has 1 amide bonds. The Morgan fingerprint density at radius 2 is 1.80 bits per heavy atom. The van der Waals surface area contributed by atoms with Crippen molar-refractivity contribution in [1.29, 1.82) is 0 Å². The molecule has 1 saturated carbocycles. The average Bonchev–Trinajstić information content (AvgIpc) is 3.21. The van der Waals surface area contributed by atoms with Crippen LogP contribution in [0, 0.1) is 0 Å². The van der Waals surface area contributed by atoms with Gasteiger partial charge in [-0.05, 0) is 55.3 Å². The smallest absolute Gasteiger partial charge is 0.288 e. The molecule has 0 aromatic heterocycles. The van der Waals surface area contributed by atoms with Crippen molar-refractivity contribution in [3.63, 3.8) is 0 Å². The van der Waals surface area contributed by atoms with Crippen molar-refractivity contribution in [3.05, 3.63) is 48.0 Å². The van der Waals surface area contributed by atoms with Crippen LogP contribution in [0.2, 0.25) is 0 Å². The summed E-state index contributed by atoms with van der Waals surface area (Å²) in [6.07, 6.45) is 3.51. The zero-order valence-corrected chi connectivity index (χ0v) is 17.9. The number of nitrogens with one attached hydrogen (secondary N) is 2. The molecule has 1 aliphatic carbocycles. The molecular weight excluding hydrogens is 434 g/mol. The SMILES string of the molecule is COc1ccc(C(=O)Nc2ccc(SC(F)F)cc2)cc1S(=O)(=O)NC1CCCC1. The lowest BCUT2D eigenvalue weighted by molar-refractivity contribution is 0.102. The fourth-order valence-electron chi connectivity index (χ4n) is 3.28. The van der Waals surface area contributed by atoms with Gasteiger partial charge in [-0.3, -0.25) is 4.79 Å². The first-order chi connectivity index (χ1) is 14.3. The van der Waals surface area contributed by atoms with Crippen molar-refractivity contribution in [2.75, 3.05) is 12.4 Å². The number of amides is 1. The third kappa shape index (κ3) is 5.71. The van der Waals surface area contributed by atoms with Crippen molar-refractivity contribution in [2.24, 2.45) is 0 Å². The van der Waals surface area contributed by atoms with Crippen LogP contribution in [-0.4, -0.2) is 33.2 Å². The Labute approximate surface area is 178 Å². The molecule has 0 aliphatic heterocycles. The van der Waals surface area contributed by atoms with E-state index in [1.54, 1.807) is 0 Å². The molecule has 2 aromatic rings. The highest BCUT2D eigenvalue weighted by molar-refractivity contribution is 7.99. The van der Waals surface area contributed by atoms with E-state index in [2.05, 4.69) is 10.0 Å². The third-order valence-electron chi connectivity index (χ3n) is 4.73. The van der Waals surface area contributed by atoms with Crippen LogP contribution < -0.4 is 14.8 Å². The first-order valence-electron chi connectivity index (χ1n) is 9.35. The first-order valence-corrected chi connectivity index (χ1v) is 11.7. The van der Waals surface area contributed by atoms with Gasteiger partial charge in [0.1, 0.15) is 10.6 Å². The lowest BCUT2D eigenvalue weighted by atomic mass is 10.2. The minimum absolute atomic E-state index is 0.103. The van der Waals surface area contributed by atoms with Crippen molar-refractivity contribution < 1.29 is 26.7 Å². The largest absolute Gasteiger partial charge is 0.495 e. The molecule has 6 nitrogen and oxygen atoms in total. The molecule has 162 valence electrons. The number of hydrogen-bond acceptors (Lipinski definition) is 5. The predicted molar refractivity (Wildman–Crippen MR) is 112 cm³/mol. The van der Waals surface area contributed by atoms with Gasteiger partial charge in [-0.1, -0.05) is 24.6 Å². The summed E-state index contributed by atoms with van der Waals surface area (Å²) in [5, 5.41) is 2.64. The van der Waals surface area contributed by atoms with Gasteiger partial charge < -0.3 is 10.1 Å². The summed E-state index contributed by atoms with van der Waals surface area (Å²) in [7, 11) is -2.50. The van der Waals surface area contributed by atoms with Gasteiger partial charge in [-0.15, -0.1) is 0 Å². The number of anilines is 1. The summed E-state index contributed by atoms with van der Waals surface area (Å²) in [6, 6.07) is 10.00. The van der Waals surface area contributed by atoms with E-state index < -0.39 is 21.7 Å². The molecule has 10 heteroatoms. The molecule has 2 N–H and O–H groups in total. The van der Waals surface area contributed by atoms with Gasteiger partial charge in [0, 0.05) is 22.2 Å². The standard InChI is InChI=1S/C20H22F2N2O4S2/c1-28-17-11-6-13(12-18(17)30(26,27)24-15-4-2-3-5-15)19(25)23-14-7-9-16(10-8-14)29-20(21)22/h6-12,15,20,24H,2-5H2,1H3,(H,23,25). The molecule has 0 bridgehead atoms. The number of methoxy groups -OCH3 is 1. The van der Waals surface area contributed by atoms with Crippen LogP contribution >= 0.6 is 11.8 Å². The van der Waals surface area contributed by atoms with Crippen molar-refractivity contribution in [1.82, 2.24) is 4.72 Å². The molecule has 0 spiro atoms. The lowest BCUT2D eigenvalue weighted by Gasteiger charge is -2.16. The van der Waals surface area contributed by atoms with E-state index in [-0.39, 0.29) is 22.3 Å². The predicted octanol–water partition coefficient (Wildman–Crippen LogP) is 4.48. The average molecular weight is 457 g/mol. The Morgan fingerprint density at radius 3 is 2.40 bits per heavy atom. The Balaban J connectivity index is 1.78. The van der Waals surface area contributed by atoms with E-state index in [4.69, 9.17) is 4.74 Å². The van der Waals surface area contributed by atoms with Gasteiger partial charge in [-0.25, -0.2) is 13.1 Å². The number of hydrogen-bond donors (Lipinski definition) is 2. The van der Waals surface area contributed by atoms with E-state index in [0.29, 0.717) is 22.3 Å². The first kappa shape index (κ1) is 22.5. The monoisotopic (exact) mass is 456 g/mol. The van der Waals surface area contributed by atoms with Crippen LogP contribution in [0.4, 0.5) is 14.5 Å². The van der Waals surface area contributed by atoms with E-state index in [0.717, 1.165) is 25.7 Å². The zero-order chi connectivity index (χ0) is 21.7. The number of alkyl halides is 2. The molecule has 0 saturated heterocycles. The van der Waals surface area contributed by atoms with Crippen LogP contribution in [0.1, 0.15) is 36.0 Å². The highest BCUT2D eigenvalue weighted by Crippen LogP contribution is 2.29. The van der Waals surface area contributed by atoms with E-state index in [9.17, 15) is 22.0 Å². The van der Waals surface area contributed by atoms with Gasteiger partial charge in [0.25, 0.3) is 11.7 Å². The van der Waals surface area contributed by atoms with Crippen LogP contribution in [0.25, 0.3) is 0 Å². The van der Waals surface area contributed by atoms with Gasteiger partial charge in [-0.2, -0.15) is 8.78 Å². The highest BCUT2D eigenvalue weighted by Gasteiger charge is 2.26. The number of halogens is 2. The van der Waals surface area contributed by atoms with Gasteiger partial charge in [0.05, 0.1) is 7.11 Å². The number of sulfonamides is 1. The maximum absolute atomic E-state index is 12.8. The highest BCUT2D eigenvalue weighted by atomic mass is 32.2. The number of rotatable bonds is 8. The number of ether oxygens (including phenoxy) is 1. The zero-order valence-electron chi connectivity index (χ0n) is 16.2. The molecule has 3 rings (SSSR count). The molecule has 2 aromatic carbocycles. The molecule has 0 unspecified atom stereocenters. The summed E-state index contributed by atoms with van der Waals surface area (Å²) in [4.78, 5) is 12.9. The third-order valence-corrected chi connectivity index (χ3v) is 6.99. The number of carbonyl (C=O) groups excluding carboxylic acids is 1. The summed E-state index contributed by atoms with van der Waals surface area (Å²) < 4.78 is 58.4. The van der Waals surface area contributed by atoms with Crippen LogP contribution in [0.5, 0.6) is 5.75 Å². The summed E-state index contributed by atoms with van der Waals surface area (Å²) in [6.45, 7) is 0. The molecule has 0 atom stereocenters. The molecule has 0 heterocycles. The normalized spacial score (nSPS) is 14.8. The number of carbonyl (C=O) groups is 1. The Bertz CT molecular complexity index is 992. The van der Waals surface area contributed by atoms with E-state index in [1.165, 1.54) is 49.6 Å². The summed E-state index contributed by atoms with van der Waals surface area (Å²) >= 11 is 0.410. The second-order valence-corrected chi connectivity index (χ2v) is 9.57. The van der Waals surface area contributed by atoms with Gasteiger partial charge in [0.15, 0.2) is 0 Å². The maximum atomic E-state index is 12.8. The Kier molecular flexibility index (Phi) is 7.32. The Morgan fingerprint density at radius 1 is 1.13 bits per heavy atom. The molecule has 1 fully saturated rings. The van der Waals surface area contributed by atoms with Crippen molar-refractivity contribution in [3.8, 4) is 5.75 Å². The minimum atomic E-state index is -3.86. The van der Waals surface area contributed by atoms with Crippen LogP contribution in [-0.2, 0) is 10.0 Å². The van der Waals surface area contributed by atoms with Crippen LogP contribution in [0.3, 0.4) is 0 Å². The number of thioether (sulfide) groups is 1. The molecule has 1 aliphatic rings. The molecular formula is C20H22F2N2O4S2. The molecule has 30 heavy (non-hydrogen) atoms. The minimum Gasteiger partial charge on any atom is -0.495 e. The summed E-state index contributed by atoms with van der Waals surface area (Å²) in [5.74, 6) is -2.90. The maximum Gasteiger partial charge on any atom is 0.288 e. The number of benzene rings is 2. The van der Waals surface area contributed by atoms with Crippen molar-refractivity contribution in [2.45, 2.75) is 47.3 Å². The topological polar surface area (TPSA) is 84.5 Å². The second-order valence-electron chi connectivity index (χ2n) is 6.83. The van der Waals surface area contributed by atoms with Crippen molar-refractivity contribution >= 4 is 33.4 Å².